The van der Waals surface area contributed by atoms with Gasteiger partial charge in [-0.2, -0.15) is 0 Å². The third-order valence-corrected chi connectivity index (χ3v) is 3.44. The molecule has 0 saturated heterocycles. The zero-order chi connectivity index (χ0) is 13.5. The van der Waals surface area contributed by atoms with E-state index in [-0.39, 0.29) is 5.78 Å². The summed E-state index contributed by atoms with van der Waals surface area (Å²) < 4.78 is 6.51. The van der Waals surface area contributed by atoms with Gasteiger partial charge in [-0.3, -0.25) is 4.79 Å². The molecule has 0 amide bonds. The predicted molar refractivity (Wildman–Crippen MR) is 78.1 cm³/mol. The van der Waals surface area contributed by atoms with Crippen LogP contribution in [0.5, 0.6) is 0 Å². The summed E-state index contributed by atoms with van der Waals surface area (Å²) in [6, 6.07) is 5.42. The lowest BCUT2D eigenvalue weighted by atomic mass is 10.0. The molecule has 0 aliphatic rings. The number of benzene rings is 1. The molecule has 0 heterocycles. The number of rotatable bonds is 7. The summed E-state index contributed by atoms with van der Waals surface area (Å²) in [5.74, 6) is 0.119. The van der Waals surface area contributed by atoms with E-state index in [0.717, 1.165) is 22.9 Å². The van der Waals surface area contributed by atoms with Gasteiger partial charge in [0, 0.05) is 28.1 Å². The molecule has 0 fully saturated rings. The Morgan fingerprint density at radius 3 is 2.67 bits per heavy atom. The first kappa shape index (κ1) is 15.7. The van der Waals surface area contributed by atoms with Crippen molar-refractivity contribution in [3.05, 3.63) is 33.3 Å². The van der Waals surface area contributed by atoms with Crippen molar-refractivity contribution in [2.45, 2.75) is 39.2 Å². The van der Waals surface area contributed by atoms with Crippen LogP contribution in [0.15, 0.2) is 22.7 Å². The highest BCUT2D eigenvalue weighted by Crippen LogP contribution is 2.30. The van der Waals surface area contributed by atoms with E-state index in [1.807, 2.05) is 19.9 Å². The van der Waals surface area contributed by atoms with E-state index in [9.17, 15) is 4.79 Å². The smallest absolute Gasteiger partial charge is 0.166 e. The molecule has 1 unspecified atom stereocenters. The Hall–Kier alpha value is -0.380. The van der Waals surface area contributed by atoms with Crippen LogP contribution in [0.2, 0.25) is 5.02 Å². The Labute approximate surface area is 122 Å². The third-order valence-electron chi connectivity index (χ3n) is 2.52. The molecule has 0 N–H and O–H groups in total. The highest BCUT2D eigenvalue weighted by atomic mass is 79.9. The van der Waals surface area contributed by atoms with Gasteiger partial charge in [0.2, 0.25) is 0 Å². The first-order valence-electron chi connectivity index (χ1n) is 6.19. The molecule has 4 heteroatoms. The van der Waals surface area contributed by atoms with Gasteiger partial charge >= 0.3 is 0 Å². The van der Waals surface area contributed by atoms with Gasteiger partial charge in [-0.25, -0.2) is 0 Å². The normalized spacial score (nSPS) is 12.4. The summed E-state index contributed by atoms with van der Waals surface area (Å²) in [6.07, 6.45) is 1.76. The lowest BCUT2D eigenvalue weighted by molar-refractivity contribution is -0.131. The fourth-order valence-electron chi connectivity index (χ4n) is 1.68. The molecule has 1 atom stereocenters. The zero-order valence-electron chi connectivity index (χ0n) is 10.7. The summed E-state index contributed by atoms with van der Waals surface area (Å²) in [5, 5.41) is 0.641. The second-order valence-electron chi connectivity index (χ2n) is 4.13. The van der Waals surface area contributed by atoms with Crippen LogP contribution in [-0.2, 0) is 9.53 Å². The van der Waals surface area contributed by atoms with Gasteiger partial charge in [0.25, 0.3) is 0 Å². The van der Waals surface area contributed by atoms with Crippen molar-refractivity contribution in [2.24, 2.45) is 0 Å². The lowest BCUT2D eigenvalue weighted by Gasteiger charge is -2.18. The molecule has 100 valence electrons. The van der Waals surface area contributed by atoms with Gasteiger partial charge in [-0.05, 0) is 25.0 Å². The van der Waals surface area contributed by atoms with E-state index >= 15 is 0 Å². The van der Waals surface area contributed by atoms with Crippen LogP contribution in [0.25, 0.3) is 0 Å². The number of Topliss-reactive ketones (excluding diaryl/α,β-unsaturated/α-hetero) is 1. The van der Waals surface area contributed by atoms with E-state index in [1.165, 1.54) is 0 Å². The molecule has 0 aliphatic heterocycles. The minimum absolute atomic E-state index is 0.119. The largest absolute Gasteiger partial charge is 0.366 e. The summed E-state index contributed by atoms with van der Waals surface area (Å²) in [4.78, 5) is 12.1. The Morgan fingerprint density at radius 1 is 1.39 bits per heavy atom. The molecule has 0 saturated carbocycles. The standard InChI is InChI=1S/C14H18BrClO2/c1-3-5-13(17)14(18-8-4-2)11-7-6-10(16)9-12(11)15/h6-7,9,14H,3-5,8H2,1-2H3. The second kappa shape index (κ2) is 7.93. The SMILES string of the molecule is CCCOC(C(=O)CCC)c1ccc(Cl)cc1Br. The van der Waals surface area contributed by atoms with Gasteiger partial charge in [0.1, 0.15) is 6.10 Å². The Morgan fingerprint density at radius 2 is 2.11 bits per heavy atom. The van der Waals surface area contributed by atoms with Crippen molar-refractivity contribution in [1.29, 1.82) is 0 Å². The van der Waals surface area contributed by atoms with Crippen LogP contribution in [-0.4, -0.2) is 12.4 Å². The summed E-state index contributed by atoms with van der Waals surface area (Å²) >= 11 is 9.35. The van der Waals surface area contributed by atoms with Crippen LogP contribution in [0, 0.1) is 0 Å². The van der Waals surface area contributed by atoms with Crippen molar-refractivity contribution in [3.63, 3.8) is 0 Å². The third kappa shape index (κ3) is 4.38. The molecule has 0 aromatic heterocycles. The molecule has 0 aliphatic carbocycles. The molecule has 1 rings (SSSR count). The Balaban J connectivity index is 2.97. The number of carbonyl (C=O) groups is 1. The first-order valence-corrected chi connectivity index (χ1v) is 7.36. The molecule has 0 spiro atoms. The van der Waals surface area contributed by atoms with Gasteiger partial charge in [-0.15, -0.1) is 0 Å². The van der Waals surface area contributed by atoms with Crippen molar-refractivity contribution in [3.8, 4) is 0 Å². The molecule has 0 bridgehead atoms. The molecule has 1 aromatic carbocycles. The van der Waals surface area contributed by atoms with Gasteiger partial charge < -0.3 is 4.74 Å². The molecule has 2 nitrogen and oxygen atoms in total. The average molecular weight is 334 g/mol. The van der Waals surface area contributed by atoms with E-state index < -0.39 is 6.10 Å². The van der Waals surface area contributed by atoms with E-state index in [2.05, 4.69) is 15.9 Å². The van der Waals surface area contributed by atoms with Crippen LogP contribution < -0.4 is 0 Å². The highest BCUT2D eigenvalue weighted by molar-refractivity contribution is 9.10. The maximum absolute atomic E-state index is 12.1. The topological polar surface area (TPSA) is 26.3 Å². The highest BCUT2D eigenvalue weighted by Gasteiger charge is 2.22. The van der Waals surface area contributed by atoms with Crippen LogP contribution in [0.3, 0.4) is 0 Å². The average Bonchev–Trinajstić information content (AvgIpc) is 2.32. The monoisotopic (exact) mass is 332 g/mol. The molecule has 18 heavy (non-hydrogen) atoms. The quantitative estimate of drug-likeness (QED) is 0.706. The fraction of sp³-hybridized carbons (Fsp3) is 0.500. The predicted octanol–water partition coefficient (Wildman–Crippen LogP) is 4.94. The molecular weight excluding hydrogens is 316 g/mol. The summed E-state index contributed by atoms with van der Waals surface area (Å²) in [7, 11) is 0. The molecular formula is C14H18BrClO2. The summed E-state index contributed by atoms with van der Waals surface area (Å²) in [6.45, 7) is 4.60. The lowest BCUT2D eigenvalue weighted by Crippen LogP contribution is -2.17. The molecule has 0 radical (unpaired) electrons. The van der Waals surface area contributed by atoms with Crippen molar-refractivity contribution in [1.82, 2.24) is 0 Å². The van der Waals surface area contributed by atoms with Crippen LogP contribution >= 0.6 is 27.5 Å². The van der Waals surface area contributed by atoms with Gasteiger partial charge in [0.15, 0.2) is 5.78 Å². The van der Waals surface area contributed by atoms with E-state index in [1.54, 1.807) is 12.1 Å². The Kier molecular flexibility index (Phi) is 6.90. The second-order valence-corrected chi connectivity index (χ2v) is 5.42. The number of halogens is 2. The van der Waals surface area contributed by atoms with Crippen molar-refractivity contribution >= 4 is 33.3 Å². The fourth-order valence-corrected chi connectivity index (χ4v) is 2.57. The van der Waals surface area contributed by atoms with Crippen LogP contribution in [0.1, 0.15) is 44.8 Å². The molecule has 1 aromatic rings. The minimum Gasteiger partial charge on any atom is -0.366 e. The number of hydrogen-bond acceptors (Lipinski definition) is 2. The van der Waals surface area contributed by atoms with E-state index in [4.69, 9.17) is 16.3 Å². The van der Waals surface area contributed by atoms with Gasteiger partial charge in [0.05, 0.1) is 0 Å². The first-order chi connectivity index (χ1) is 8.60. The Bertz CT molecular complexity index is 407. The minimum atomic E-state index is -0.489. The van der Waals surface area contributed by atoms with Crippen molar-refractivity contribution < 1.29 is 9.53 Å². The number of ether oxygens (including phenoxy) is 1. The number of ketones is 1. The maximum Gasteiger partial charge on any atom is 0.166 e. The number of carbonyl (C=O) groups excluding carboxylic acids is 1. The van der Waals surface area contributed by atoms with Gasteiger partial charge in [-0.1, -0.05) is 47.4 Å². The maximum atomic E-state index is 12.1. The van der Waals surface area contributed by atoms with Crippen LogP contribution in [0.4, 0.5) is 0 Å². The number of hydrogen-bond donors (Lipinski definition) is 0. The van der Waals surface area contributed by atoms with E-state index in [0.29, 0.717) is 18.1 Å². The summed E-state index contributed by atoms with van der Waals surface area (Å²) in [5.41, 5.74) is 0.853. The zero-order valence-corrected chi connectivity index (χ0v) is 13.1. The van der Waals surface area contributed by atoms with Crippen molar-refractivity contribution in [2.75, 3.05) is 6.61 Å².